The van der Waals surface area contributed by atoms with Gasteiger partial charge in [0, 0.05) is 5.69 Å². The minimum absolute atomic E-state index is 0.133. The maximum Gasteiger partial charge on any atom is 0.237 e. The number of benzene rings is 2. The van der Waals surface area contributed by atoms with Crippen LogP contribution in [0, 0.1) is 0 Å². The predicted octanol–water partition coefficient (Wildman–Crippen LogP) is 5.05. The number of hydrogen-bond donors (Lipinski definition) is 2. The lowest BCUT2D eigenvalue weighted by molar-refractivity contribution is -0.115. The summed E-state index contributed by atoms with van der Waals surface area (Å²) in [6.45, 7) is 1.82. The molecule has 128 valence electrons. The minimum atomic E-state index is -0.325. The highest BCUT2D eigenvalue weighted by Gasteiger charge is 2.18. The Morgan fingerprint density at radius 2 is 1.84 bits per heavy atom. The Labute approximate surface area is 158 Å². The Morgan fingerprint density at radius 3 is 2.60 bits per heavy atom. The van der Waals surface area contributed by atoms with E-state index in [-0.39, 0.29) is 11.2 Å². The lowest BCUT2D eigenvalue weighted by Gasteiger charge is -2.11. The van der Waals surface area contributed by atoms with Crippen molar-refractivity contribution in [2.24, 2.45) is 0 Å². The molecule has 25 heavy (non-hydrogen) atoms. The van der Waals surface area contributed by atoms with Crippen LogP contribution in [-0.2, 0) is 4.79 Å². The van der Waals surface area contributed by atoms with Crippen molar-refractivity contribution in [3.8, 4) is 0 Å². The molecule has 0 radical (unpaired) electrons. The second-order valence-electron chi connectivity index (χ2n) is 5.09. The second kappa shape index (κ2) is 8.33. The van der Waals surface area contributed by atoms with E-state index in [1.807, 2.05) is 49.4 Å². The molecule has 0 aliphatic heterocycles. The second-order valence-corrected chi connectivity index (χ2v) is 8.07. The summed E-state index contributed by atoms with van der Waals surface area (Å²) in [4.78, 5) is 12.3. The Balaban J connectivity index is 1.58. The number of nitrogens with one attached hydrogen (secondary N) is 2. The lowest BCUT2D eigenvalue weighted by Crippen LogP contribution is -2.22. The van der Waals surface area contributed by atoms with Gasteiger partial charge in [-0.1, -0.05) is 65.0 Å². The number of halogens is 1. The highest BCUT2D eigenvalue weighted by atomic mass is 35.5. The fourth-order valence-electron chi connectivity index (χ4n) is 1.95. The van der Waals surface area contributed by atoms with Gasteiger partial charge in [0.25, 0.3) is 0 Å². The van der Waals surface area contributed by atoms with Crippen molar-refractivity contribution >= 4 is 57.1 Å². The van der Waals surface area contributed by atoms with Crippen molar-refractivity contribution < 1.29 is 4.79 Å². The van der Waals surface area contributed by atoms with Crippen molar-refractivity contribution in [3.05, 3.63) is 59.6 Å². The van der Waals surface area contributed by atoms with Crippen LogP contribution in [0.3, 0.4) is 0 Å². The molecule has 0 unspecified atom stereocenters. The minimum Gasteiger partial charge on any atom is -0.330 e. The summed E-state index contributed by atoms with van der Waals surface area (Å²) in [6.07, 6.45) is 0. The molecule has 0 spiro atoms. The zero-order valence-corrected chi connectivity index (χ0v) is 15.7. The molecule has 0 bridgehead atoms. The zero-order valence-electron chi connectivity index (χ0n) is 13.3. The quantitative estimate of drug-likeness (QED) is 0.576. The van der Waals surface area contributed by atoms with Crippen LogP contribution in [0.25, 0.3) is 0 Å². The highest BCUT2D eigenvalue weighted by molar-refractivity contribution is 8.02. The van der Waals surface area contributed by atoms with Gasteiger partial charge in [0.05, 0.1) is 16.0 Å². The van der Waals surface area contributed by atoms with E-state index < -0.39 is 0 Å². The van der Waals surface area contributed by atoms with Crippen LogP contribution in [0.5, 0.6) is 0 Å². The van der Waals surface area contributed by atoms with Gasteiger partial charge < -0.3 is 10.6 Å². The number of nitrogens with zero attached hydrogens (tertiary/aromatic N) is 2. The molecule has 2 aromatic carbocycles. The van der Waals surface area contributed by atoms with Crippen molar-refractivity contribution in [1.29, 1.82) is 0 Å². The van der Waals surface area contributed by atoms with Crippen molar-refractivity contribution in [2.75, 3.05) is 10.6 Å². The molecule has 0 aliphatic carbocycles. The molecule has 0 aliphatic rings. The van der Waals surface area contributed by atoms with Gasteiger partial charge in [0.1, 0.15) is 0 Å². The Bertz CT molecular complexity index is 857. The number of para-hydroxylation sites is 2. The first-order chi connectivity index (χ1) is 12.1. The van der Waals surface area contributed by atoms with Crippen LogP contribution < -0.4 is 10.6 Å². The van der Waals surface area contributed by atoms with Gasteiger partial charge >= 0.3 is 0 Å². The van der Waals surface area contributed by atoms with E-state index in [1.165, 1.54) is 23.1 Å². The summed E-state index contributed by atoms with van der Waals surface area (Å²) in [6, 6.07) is 16.9. The summed E-state index contributed by atoms with van der Waals surface area (Å²) in [5.74, 6) is -0.133. The van der Waals surface area contributed by atoms with Crippen LogP contribution in [-0.4, -0.2) is 21.4 Å². The van der Waals surface area contributed by atoms with Crippen LogP contribution >= 0.6 is 34.7 Å². The molecule has 8 heteroatoms. The number of thioether (sulfide) groups is 1. The molecule has 0 saturated heterocycles. The number of anilines is 3. The molecular formula is C17H15ClN4OS2. The molecule has 5 nitrogen and oxygen atoms in total. The molecule has 1 atom stereocenters. The number of carbonyl (C=O) groups excluding carboxylic acids is 1. The monoisotopic (exact) mass is 390 g/mol. The number of rotatable bonds is 6. The van der Waals surface area contributed by atoms with Crippen molar-refractivity contribution in [2.45, 2.75) is 16.5 Å². The Morgan fingerprint density at radius 1 is 1.12 bits per heavy atom. The highest BCUT2D eigenvalue weighted by Crippen LogP contribution is 2.31. The molecule has 1 amide bonds. The van der Waals surface area contributed by atoms with E-state index in [2.05, 4.69) is 20.8 Å². The zero-order chi connectivity index (χ0) is 17.6. The molecule has 0 fully saturated rings. The van der Waals surface area contributed by atoms with Crippen LogP contribution in [0.2, 0.25) is 5.02 Å². The van der Waals surface area contributed by atoms with Crippen molar-refractivity contribution in [3.63, 3.8) is 0 Å². The fraction of sp³-hybridized carbons (Fsp3) is 0.118. The van der Waals surface area contributed by atoms with Gasteiger partial charge in [-0.2, -0.15) is 0 Å². The fourth-order valence-corrected chi connectivity index (χ4v) is 4.05. The molecule has 3 aromatic rings. The Kier molecular flexibility index (Phi) is 5.91. The van der Waals surface area contributed by atoms with E-state index >= 15 is 0 Å². The van der Waals surface area contributed by atoms with Gasteiger partial charge in [0.15, 0.2) is 4.34 Å². The third kappa shape index (κ3) is 4.94. The molecule has 1 aromatic heterocycles. The largest absolute Gasteiger partial charge is 0.330 e. The summed E-state index contributed by atoms with van der Waals surface area (Å²) in [7, 11) is 0. The average Bonchev–Trinajstić information content (AvgIpc) is 3.04. The number of carbonyl (C=O) groups is 1. The maximum absolute atomic E-state index is 12.3. The van der Waals surface area contributed by atoms with Gasteiger partial charge in [-0.3, -0.25) is 4.79 Å². The number of aromatic nitrogens is 2. The van der Waals surface area contributed by atoms with Crippen LogP contribution in [0.15, 0.2) is 58.9 Å². The first-order valence-corrected chi connectivity index (χ1v) is 9.57. The topological polar surface area (TPSA) is 66.9 Å². The van der Waals surface area contributed by atoms with E-state index in [1.54, 1.807) is 12.1 Å². The van der Waals surface area contributed by atoms with E-state index in [0.717, 1.165) is 10.0 Å². The third-order valence-corrected chi connectivity index (χ3v) is 5.56. The van der Waals surface area contributed by atoms with Gasteiger partial charge in [0.2, 0.25) is 11.0 Å². The molecular weight excluding hydrogens is 376 g/mol. The first-order valence-electron chi connectivity index (χ1n) is 7.49. The molecule has 1 heterocycles. The third-order valence-electron chi connectivity index (χ3n) is 3.21. The normalized spacial score (nSPS) is 11.8. The standard InChI is InChI=1S/C17H15ClN4OS2/c1-11(15(23)20-14-10-6-5-9-13(14)18)24-17-22-21-16(25-17)19-12-7-3-2-4-8-12/h2-11H,1H3,(H,19,21)(H,20,23)/t11-/m0/s1. The SMILES string of the molecule is C[C@H](Sc1nnc(Nc2ccccc2)s1)C(=O)Nc1ccccc1Cl. The van der Waals surface area contributed by atoms with Crippen LogP contribution in [0.1, 0.15) is 6.92 Å². The van der Waals surface area contributed by atoms with Crippen LogP contribution in [0.4, 0.5) is 16.5 Å². The molecule has 0 saturated carbocycles. The van der Waals surface area contributed by atoms with E-state index in [9.17, 15) is 4.79 Å². The number of hydrogen-bond acceptors (Lipinski definition) is 6. The first kappa shape index (κ1) is 17.7. The van der Waals surface area contributed by atoms with Gasteiger partial charge in [-0.15, -0.1) is 10.2 Å². The molecule has 2 N–H and O–H groups in total. The van der Waals surface area contributed by atoms with E-state index in [4.69, 9.17) is 11.6 Å². The Hall–Kier alpha value is -2.09. The summed E-state index contributed by atoms with van der Waals surface area (Å²) in [5.41, 5.74) is 1.55. The molecule has 3 rings (SSSR count). The summed E-state index contributed by atoms with van der Waals surface area (Å²) >= 11 is 8.83. The van der Waals surface area contributed by atoms with Crippen molar-refractivity contribution in [1.82, 2.24) is 10.2 Å². The van der Waals surface area contributed by atoms with E-state index in [0.29, 0.717) is 15.8 Å². The summed E-state index contributed by atoms with van der Waals surface area (Å²) < 4.78 is 0.722. The van der Waals surface area contributed by atoms with Gasteiger partial charge in [-0.05, 0) is 31.2 Å². The lowest BCUT2D eigenvalue weighted by atomic mass is 10.3. The smallest absolute Gasteiger partial charge is 0.237 e. The van der Waals surface area contributed by atoms with Gasteiger partial charge in [-0.25, -0.2) is 0 Å². The number of amides is 1. The summed E-state index contributed by atoms with van der Waals surface area (Å²) in [5, 5.41) is 15.1. The predicted molar refractivity (Wildman–Crippen MR) is 105 cm³/mol. The average molecular weight is 391 g/mol. The maximum atomic E-state index is 12.3.